The third kappa shape index (κ3) is 10.5. The van der Waals surface area contributed by atoms with Crippen LogP contribution >= 0.6 is 0 Å². The average molecular weight is 318 g/mol. The second kappa shape index (κ2) is 13.6. The van der Waals surface area contributed by atoms with Crippen LogP contribution in [0.25, 0.3) is 0 Å². The van der Waals surface area contributed by atoms with E-state index < -0.39 is 0 Å². The molecule has 0 aliphatic carbocycles. The molecule has 0 bridgehead atoms. The molecule has 0 fully saturated rings. The molecule has 23 heavy (non-hydrogen) atoms. The molecule has 1 aromatic carbocycles. The minimum Gasteiger partial charge on any atom is -0.313 e. The molecule has 132 valence electrons. The van der Waals surface area contributed by atoms with Gasteiger partial charge in [0.15, 0.2) is 0 Å². The number of rotatable bonds is 14. The Morgan fingerprint density at radius 3 is 1.78 bits per heavy atom. The van der Waals surface area contributed by atoms with Gasteiger partial charge in [-0.05, 0) is 30.0 Å². The third-order valence-corrected chi connectivity index (χ3v) is 4.68. The van der Waals surface area contributed by atoms with Crippen molar-refractivity contribution in [3.05, 3.63) is 35.4 Å². The third-order valence-electron chi connectivity index (χ3n) is 4.68. The topological polar surface area (TPSA) is 12.0 Å². The summed E-state index contributed by atoms with van der Waals surface area (Å²) in [6, 6.07) is 9.06. The van der Waals surface area contributed by atoms with Gasteiger partial charge in [-0.15, -0.1) is 0 Å². The van der Waals surface area contributed by atoms with E-state index in [0.717, 1.165) is 13.1 Å². The smallest absolute Gasteiger partial charge is 0.0205 e. The van der Waals surface area contributed by atoms with Crippen LogP contribution in [0.4, 0.5) is 0 Å². The first-order valence-corrected chi connectivity index (χ1v) is 10.0. The molecule has 0 heterocycles. The molecule has 0 atom stereocenters. The Morgan fingerprint density at radius 2 is 1.26 bits per heavy atom. The molecule has 0 saturated heterocycles. The lowest BCUT2D eigenvalue weighted by molar-refractivity contribution is 0.543. The molecule has 1 nitrogen and oxygen atoms in total. The van der Waals surface area contributed by atoms with Crippen LogP contribution in [0, 0.1) is 0 Å². The summed E-state index contributed by atoms with van der Waals surface area (Å²) in [6.07, 6.45) is 14.1. The standard InChI is InChI=1S/C22H39N/c1-4-5-6-7-8-9-10-11-12-13-18-23-19-21-14-16-22(17-15-21)20(2)3/h14-17,20,23H,4-13,18-19H2,1-3H3. The Bertz CT molecular complexity index is 366. The highest BCUT2D eigenvalue weighted by molar-refractivity contribution is 5.24. The van der Waals surface area contributed by atoms with Crippen LogP contribution in [0.2, 0.25) is 0 Å². The molecule has 0 amide bonds. The van der Waals surface area contributed by atoms with E-state index in [4.69, 9.17) is 0 Å². The van der Waals surface area contributed by atoms with Crippen molar-refractivity contribution in [2.24, 2.45) is 0 Å². The summed E-state index contributed by atoms with van der Waals surface area (Å²) >= 11 is 0. The summed E-state index contributed by atoms with van der Waals surface area (Å²) in [7, 11) is 0. The Hall–Kier alpha value is -0.820. The molecule has 0 unspecified atom stereocenters. The summed E-state index contributed by atoms with van der Waals surface area (Å²) in [4.78, 5) is 0. The van der Waals surface area contributed by atoms with Gasteiger partial charge in [0, 0.05) is 6.54 Å². The van der Waals surface area contributed by atoms with Crippen LogP contribution in [0.5, 0.6) is 0 Å². The van der Waals surface area contributed by atoms with Crippen molar-refractivity contribution in [3.63, 3.8) is 0 Å². The summed E-state index contributed by atoms with van der Waals surface area (Å²) in [5.41, 5.74) is 2.84. The van der Waals surface area contributed by atoms with Crippen LogP contribution in [-0.2, 0) is 6.54 Å². The summed E-state index contributed by atoms with van der Waals surface area (Å²) in [6.45, 7) is 8.95. The van der Waals surface area contributed by atoms with E-state index in [1.807, 2.05) is 0 Å². The highest BCUT2D eigenvalue weighted by atomic mass is 14.8. The minimum absolute atomic E-state index is 0.628. The first-order chi connectivity index (χ1) is 11.2. The molecular formula is C22H39N. The first kappa shape index (κ1) is 20.2. The molecule has 0 spiro atoms. The highest BCUT2D eigenvalue weighted by Crippen LogP contribution is 2.14. The van der Waals surface area contributed by atoms with Gasteiger partial charge in [0.05, 0.1) is 0 Å². The van der Waals surface area contributed by atoms with Crippen LogP contribution in [0.3, 0.4) is 0 Å². The van der Waals surface area contributed by atoms with Crippen molar-refractivity contribution in [2.45, 2.75) is 97.4 Å². The zero-order chi connectivity index (χ0) is 16.8. The van der Waals surface area contributed by atoms with E-state index in [1.54, 1.807) is 0 Å². The molecule has 0 aliphatic rings. The van der Waals surface area contributed by atoms with Crippen molar-refractivity contribution < 1.29 is 0 Å². The van der Waals surface area contributed by atoms with Gasteiger partial charge in [-0.1, -0.05) is 103 Å². The van der Waals surface area contributed by atoms with E-state index >= 15 is 0 Å². The predicted molar refractivity (Wildman–Crippen MR) is 104 cm³/mol. The molecule has 0 saturated carbocycles. The fourth-order valence-electron chi connectivity index (χ4n) is 2.99. The zero-order valence-electron chi connectivity index (χ0n) is 15.9. The van der Waals surface area contributed by atoms with Gasteiger partial charge in [0.1, 0.15) is 0 Å². The molecule has 0 aliphatic heterocycles. The number of nitrogens with one attached hydrogen (secondary N) is 1. The van der Waals surface area contributed by atoms with E-state index in [2.05, 4.69) is 50.4 Å². The maximum atomic E-state index is 3.58. The van der Waals surface area contributed by atoms with Gasteiger partial charge in [0.25, 0.3) is 0 Å². The number of unbranched alkanes of at least 4 members (excludes halogenated alkanes) is 9. The van der Waals surface area contributed by atoms with Crippen LogP contribution in [0.15, 0.2) is 24.3 Å². The monoisotopic (exact) mass is 317 g/mol. The lowest BCUT2D eigenvalue weighted by Gasteiger charge is -2.08. The van der Waals surface area contributed by atoms with Crippen LogP contribution in [0.1, 0.15) is 102 Å². The Labute approximate surface area is 145 Å². The maximum absolute atomic E-state index is 3.58. The molecule has 1 N–H and O–H groups in total. The summed E-state index contributed by atoms with van der Waals surface area (Å²) in [5, 5.41) is 3.58. The highest BCUT2D eigenvalue weighted by Gasteiger charge is 1.99. The second-order valence-corrected chi connectivity index (χ2v) is 7.26. The van der Waals surface area contributed by atoms with Crippen molar-refractivity contribution in [1.29, 1.82) is 0 Å². The second-order valence-electron chi connectivity index (χ2n) is 7.26. The SMILES string of the molecule is CCCCCCCCCCCCNCc1ccc(C(C)C)cc1. The molecule has 1 aromatic rings. The molecule has 0 aromatic heterocycles. The van der Waals surface area contributed by atoms with Gasteiger partial charge >= 0.3 is 0 Å². The largest absolute Gasteiger partial charge is 0.313 e. The average Bonchev–Trinajstić information content (AvgIpc) is 2.56. The van der Waals surface area contributed by atoms with E-state index in [-0.39, 0.29) is 0 Å². The van der Waals surface area contributed by atoms with Gasteiger partial charge < -0.3 is 5.32 Å². The molecular weight excluding hydrogens is 278 g/mol. The summed E-state index contributed by atoms with van der Waals surface area (Å²) in [5.74, 6) is 0.628. The van der Waals surface area contributed by atoms with Gasteiger partial charge in [-0.3, -0.25) is 0 Å². The summed E-state index contributed by atoms with van der Waals surface area (Å²) < 4.78 is 0. The van der Waals surface area contributed by atoms with Crippen molar-refractivity contribution >= 4 is 0 Å². The lowest BCUT2D eigenvalue weighted by Crippen LogP contribution is -2.14. The van der Waals surface area contributed by atoms with Crippen molar-refractivity contribution in [1.82, 2.24) is 5.32 Å². The quantitative estimate of drug-likeness (QED) is 0.371. The minimum atomic E-state index is 0.628. The first-order valence-electron chi connectivity index (χ1n) is 10.0. The Balaban J connectivity index is 1.89. The van der Waals surface area contributed by atoms with E-state index in [9.17, 15) is 0 Å². The molecule has 1 heteroatoms. The van der Waals surface area contributed by atoms with E-state index in [1.165, 1.54) is 75.3 Å². The molecule has 1 rings (SSSR count). The van der Waals surface area contributed by atoms with E-state index in [0.29, 0.717) is 5.92 Å². The molecule has 0 radical (unpaired) electrons. The predicted octanol–water partition coefficient (Wildman–Crippen LogP) is 6.82. The normalized spacial score (nSPS) is 11.3. The lowest BCUT2D eigenvalue weighted by atomic mass is 10.0. The fourth-order valence-corrected chi connectivity index (χ4v) is 2.99. The Morgan fingerprint density at radius 1 is 0.739 bits per heavy atom. The van der Waals surface area contributed by atoms with Gasteiger partial charge in [0.2, 0.25) is 0 Å². The number of benzene rings is 1. The van der Waals surface area contributed by atoms with Crippen LogP contribution < -0.4 is 5.32 Å². The zero-order valence-corrected chi connectivity index (χ0v) is 15.9. The number of hydrogen-bond acceptors (Lipinski definition) is 1. The van der Waals surface area contributed by atoms with Crippen molar-refractivity contribution in [3.8, 4) is 0 Å². The maximum Gasteiger partial charge on any atom is 0.0205 e. The van der Waals surface area contributed by atoms with Gasteiger partial charge in [-0.2, -0.15) is 0 Å². The van der Waals surface area contributed by atoms with Gasteiger partial charge in [-0.25, -0.2) is 0 Å². The Kier molecular flexibility index (Phi) is 12.0. The van der Waals surface area contributed by atoms with Crippen molar-refractivity contribution in [2.75, 3.05) is 6.54 Å². The number of hydrogen-bond donors (Lipinski definition) is 1. The van der Waals surface area contributed by atoms with Crippen LogP contribution in [-0.4, -0.2) is 6.54 Å². The fraction of sp³-hybridized carbons (Fsp3) is 0.727.